The van der Waals surface area contributed by atoms with Crippen molar-refractivity contribution in [1.82, 2.24) is 5.32 Å². The van der Waals surface area contributed by atoms with Crippen molar-refractivity contribution in [3.8, 4) is 0 Å². The molecule has 1 rings (SSSR count). The molecular weight excluding hydrogens is 286 g/mol. The van der Waals surface area contributed by atoms with E-state index >= 15 is 0 Å². The molecule has 6 N–H and O–H groups in total. The van der Waals surface area contributed by atoms with Gasteiger partial charge in [-0.1, -0.05) is 0 Å². The summed E-state index contributed by atoms with van der Waals surface area (Å²) >= 11 is 1.63. The first kappa shape index (κ1) is 17.9. The SMILES string of the molecule is CSCCC(NCc1cc(N)ccc1N)C(=O)O.Cl. The Hall–Kier alpha value is -1.11. The molecule has 0 radical (unpaired) electrons. The number of halogens is 1. The third kappa shape index (κ3) is 6.04. The highest BCUT2D eigenvalue weighted by molar-refractivity contribution is 7.98. The van der Waals surface area contributed by atoms with Crippen LogP contribution in [0.5, 0.6) is 0 Å². The molecule has 0 aliphatic heterocycles. The smallest absolute Gasteiger partial charge is 0.320 e. The van der Waals surface area contributed by atoms with E-state index in [4.69, 9.17) is 16.6 Å². The minimum absolute atomic E-state index is 0. The van der Waals surface area contributed by atoms with Gasteiger partial charge >= 0.3 is 5.97 Å². The first-order chi connectivity index (χ1) is 8.54. The summed E-state index contributed by atoms with van der Waals surface area (Å²) in [5.41, 5.74) is 13.5. The lowest BCUT2D eigenvalue weighted by atomic mass is 10.1. The fourth-order valence-electron chi connectivity index (χ4n) is 1.56. The monoisotopic (exact) mass is 305 g/mol. The Morgan fingerprint density at radius 3 is 2.74 bits per heavy atom. The first-order valence-electron chi connectivity index (χ1n) is 5.63. The van der Waals surface area contributed by atoms with Crippen LogP contribution in [0.1, 0.15) is 12.0 Å². The number of hydrogen-bond acceptors (Lipinski definition) is 5. The van der Waals surface area contributed by atoms with Crippen LogP contribution in [-0.4, -0.2) is 29.1 Å². The zero-order valence-electron chi connectivity index (χ0n) is 10.8. The number of nitrogens with one attached hydrogen (secondary N) is 1. The Balaban J connectivity index is 0.00000324. The molecule has 0 aliphatic rings. The molecular formula is C12H20ClN3O2S. The molecule has 7 heteroatoms. The van der Waals surface area contributed by atoms with Gasteiger partial charge in [0.15, 0.2) is 0 Å². The molecule has 1 unspecified atom stereocenters. The van der Waals surface area contributed by atoms with E-state index in [1.54, 1.807) is 30.0 Å². The van der Waals surface area contributed by atoms with Crippen molar-refractivity contribution in [2.75, 3.05) is 23.5 Å². The molecule has 19 heavy (non-hydrogen) atoms. The second-order valence-electron chi connectivity index (χ2n) is 4.01. The van der Waals surface area contributed by atoms with Crippen LogP contribution in [-0.2, 0) is 11.3 Å². The van der Waals surface area contributed by atoms with Gasteiger partial charge in [0.05, 0.1) is 0 Å². The van der Waals surface area contributed by atoms with Crippen molar-refractivity contribution in [1.29, 1.82) is 0 Å². The molecule has 0 saturated carbocycles. The predicted molar refractivity (Wildman–Crippen MR) is 83.8 cm³/mol. The highest BCUT2D eigenvalue weighted by Crippen LogP contribution is 2.15. The standard InChI is InChI=1S/C12H19N3O2S.ClH/c1-18-5-4-11(12(16)17)15-7-8-6-9(13)2-3-10(8)14;/h2-3,6,11,15H,4-5,7,13-14H2,1H3,(H,16,17);1H. The highest BCUT2D eigenvalue weighted by atomic mass is 35.5. The Labute approximate surface area is 123 Å². The molecule has 0 heterocycles. The second-order valence-corrected chi connectivity index (χ2v) is 5.00. The van der Waals surface area contributed by atoms with Crippen LogP contribution < -0.4 is 16.8 Å². The topological polar surface area (TPSA) is 101 Å². The lowest BCUT2D eigenvalue weighted by Gasteiger charge is -2.15. The average Bonchev–Trinajstić information content (AvgIpc) is 2.33. The largest absolute Gasteiger partial charge is 0.480 e. The Morgan fingerprint density at radius 2 is 2.16 bits per heavy atom. The molecule has 1 aromatic carbocycles. The normalized spacial score (nSPS) is 11.6. The summed E-state index contributed by atoms with van der Waals surface area (Å²) in [6, 6.07) is 4.65. The number of thioether (sulfide) groups is 1. The van der Waals surface area contributed by atoms with Gasteiger partial charge in [0, 0.05) is 17.9 Å². The Kier molecular flexibility index (Phi) is 8.38. The van der Waals surface area contributed by atoms with Crippen LogP contribution in [0.2, 0.25) is 0 Å². The van der Waals surface area contributed by atoms with E-state index in [0.29, 0.717) is 24.3 Å². The Morgan fingerprint density at radius 1 is 1.47 bits per heavy atom. The van der Waals surface area contributed by atoms with Crippen LogP contribution >= 0.6 is 24.2 Å². The summed E-state index contributed by atoms with van der Waals surface area (Å²) in [5, 5.41) is 12.1. The van der Waals surface area contributed by atoms with E-state index in [1.807, 2.05) is 6.26 Å². The fraction of sp³-hybridized carbons (Fsp3) is 0.417. The molecule has 0 amide bonds. The molecule has 0 saturated heterocycles. The van der Waals surface area contributed by atoms with Crippen LogP contribution in [0.25, 0.3) is 0 Å². The molecule has 0 fully saturated rings. The zero-order chi connectivity index (χ0) is 13.5. The number of carbonyl (C=O) groups is 1. The number of aliphatic carboxylic acids is 1. The van der Waals surface area contributed by atoms with Gasteiger partial charge < -0.3 is 21.9 Å². The number of nitrogens with two attached hydrogens (primary N) is 2. The van der Waals surface area contributed by atoms with E-state index in [-0.39, 0.29) is 12.4 Å². The van der Waals surface area contributed by atoms with Crippen molar-refractivity contribution in [2.45, 2.75) is 19.0 Å². The molecule has 0 aromatic heterocycles. The number of nitrogen functional groups attached to an aromatic ring is 2. The van der Waals surface area contributed by atoms with E-state index in [2.05, 4.69) is 5.32 Å². The van der Waals surface area contributed by atoms with E-state index in [1.165, 1.54) is 0 Å². The zero-order valence-corrected chi connectivity index (χ0v) is 12.4. The van der Waals surface area contributed by atoms with Gasteiger partial charge in [-0.05, 0) is 42.2 Å². The minimum atomic E-state index is -0.841. The number of hydrogen-bond donors (Lipinski definition) is 4. The predicted octanol–water partition coefficient (Wildman–Crippen LogP) is 1.57. The molecule has 1 aromatic rings. The number of carboxylic acids is 1. The first-order valence-corrected chi connectivity index (χ1v) is 7.03. The summed E-state index contributed by atoms with van der Waals surface area (Å²) in [6.45, 7) is 0.405. The third-order valence-corrected chi connectivity index (χ3v) is 3.26. The van der Waals surface area contributed by atoms with Gasteiger partial charge in [0.1, 0.15) is 6.04 Å². The maximum atomic E-state index is 11.1. The quantitative estimate of drug-likeness (QED) is 0.570. The highest BCUT2D eigenvalue weighted by Gasteiger charge is 2.16. The number of carboxylic acid groups (broad SMARTS) is 1. The van der Waals surface area contributed by atoms with E-state index in [9.17, 15) is 4.79 Å². The lowest BCUT2D eigenvalue weighted by molar-refractivity contribution is -0.139. The van der Waals surface area contributed by atoms with E-state index in [0.717, 1.165) is 11.3 Å². The molecule has 0 aliphatic carbocycles. The van der Waals surface area contributed by atoms with Gasteiger partial charge in [-0.15, -0.1) is 12.4 Å². The lowest BCUT2D eigenvalue weighted by Crippen LogP contribution is -2.36. The van der Waals surface area contributed by atoms with Gasteiger partial charge in [0.25, 0.3) is 0 Å². The third-order valence-electron chi connectivity index (χ3n) is 2.61. The average molecular weight is 306 g/mol. The second kappa shape index (κ2) is 8.90. The summed E-state index contributed by atoms with van der Waals surface area (Å²) in [7, 11) is 0. The van der Waals surface area contributed by atoms with Crippen LogP contribution in [0, 0.1) is 0 Å². The number of anilines is 2. The van der Waals surface area contributed by atoms with Crippen molar-refractivity contribution >= 4 is 41.5 Å². The molecule has 0 bridgehead atoms. The summed E-state index contributed by atoms with van der Waals surface area (Å²) in [6.07, 6.45) is 2.54. The van der Waals surface area contributed by atoms with Crippen molar-refractivity contribution in [3.63, 3.8) is 0 Å². The van der Waals surface area contributed by atoms with Crippen molar-refractivity contribution < 1.29 is 9.90 Å². The van der Waals surface area contributed by atoms with Crippen molar-refractivity contribution in [2.24, 2.45) is 0 Å². The fourth-order valence-corrected chi connectivity index (χ4v) is 2.03. The van der Waals surface area contributed by atoms with Crippen LogP contribution in [0.15, 0.2) is 18.2 Å². The molecule has 0 spiro atoms. The summed E-state index contributed by atoms with van der Waals surface area (Å²) in [5.74, 6) is -0.0392. The summed E-state index contributed by atoms with van der Waals surface area (Å²) in [4.78, 5) is 11.1. The maximum absolute atomic E-state index is 11.1. The number of benzene rings is 1. The molecule has 108 valence electrons. The van der Waals surface area contributed by atoms with Gasteiger partial charge in [-0.3, -0.25) is 4.79 Å². The van der Waals surface area contributed by atoms with Gasteiger partial charge in [-0.2, -0.15) is 11.8 Å². The van der Waals surface area contributed by atoms with Gasteiger partial charge in [-0.25, -0.2) is 0 Å². The maximum Gasteiger partial charge on any atom is 0.320 e. The minimum Gasteiger partial charge on any atom is -0.480 e. The molecule has 5 nitrogen and oxygen atoms in total. The molecule has 1 atom stereocenters. The van der Waals surface area contributed by atoms with E-state index < -0.39 is 12.0 Å². The van der Waals surface area contributed by atoms with Gasteiger partial charge in [0.2, 0.25) is 0 Å². The van der Waals surface area contributed by atoms with Crippen LogP contribution in [0.3, 0.4) is 0 Å². The summed E-state index contributed by atoms with van der Waals surface area (Å²) < 4.78 is 0. The Bertz CT molecular complexity index is 418. The number of rotatable bonds is 7. The van der Waals surface area contributed by atoms with Crippen molar-refractivity contribution in [3.05, 3.63) is 23.8 Å². The van der Waals surface area contributed by atoms with Crippen LogP contribution in [0.4, 0.5) is 11.4 Å².